The first-order valence-corrected chi connectivity index (χ1v) is 18.1. The maximum absolute atomic E-state index is 6.53. The summed E-state index contributed by atoms with van der Waals surface area (Å²) in [6.45, 7) is 18.7. The van der Waals surface area contributed by atoms with Crippen molar-refractivity contribution in [2.75, 3.05) is 17.6 Å². The highest BCUT2D eigenvalue weighted by atomic mass is 28.5. The predicted molar refractivity (Wildman–Crippen MR) is 114 cm³/mol. The second-order valence-corrected chi connectivity index (χ2v) is 21.5. The van der Waals surface area contributed by atoms with E-state index in [1.807, 2.05) is 6.07 Å². The van der Waals surface area contributed by atoms with Crippen LogP contribution in [0.25, 0.3) is 0 Å². The first kappa shape index (κ1) is 21.4. The Hall–Kier alpha value is -0.609. The number of nitrogen functional groups attached to an aromatic ring is 1. The standard InChI is InChI=1S/C17H36N2O2Si3/c1-15-10-11-17(16(18)14-15)19-12-9-13-24(8,20-22(2,3)4)21-23(5,6)7/h10-11,14,19H,9,12-13,18H2,1-8H3. The number of rotatable bonds is 9. The van der Waals surface area contributed by atoms with Gasteiger partial charge in [0.25, 0.3) is 0 Å². The summed E-state index contributed by atoms with van der Waals surface area (Å²) in [6.07, 6.45) is 1.03. The minimum absolute atomic E-state index is 0.812. The van der Waals surface area contributed by atoms with Crippen molar-refractivity contribution in [3.05, 3.63) is 23.8 Å². The van der Waals surface area contributed by atoms with E-state index in [2.05, 4.69) is 70.2 Å². The summed E-state index contributed by atoms with van der Waals surface area (Å²) in [7, 11) is -5.36. The molecule has 0 aliphatic carbocycles. The molecule has 4 nitrogen and oxygen atoms in total. The van der Waals surface area contributed by atoms with Gasteiger partial charge in [0.2, 0.25) is 0 Å². The fourth-order valence-electron chi connectivity index (χ4n) is 2.89. The quantitative estimate of drug-likeness (QED) is 0.351. The highest BCUT2D eigenvalue weighted by molar-refractivity contribution is 6.87. The summed E-state index contributed by atoms with van der Waals surface area (Å²) < 4.78 is 13.1. The Balaban J connectivity index is 2.61. The predicted octanol–water partition coefficient (Wildman–Crippen LogP) is 5.15. The van der Waals surface area contributed by atoms with E-state index in [4.69, 9.17) is 14.0 Å². The Morgan fingerprint density at radius 1 is 0.958 bits per heavy atom. The van der Waals surface area contributed by atoms with Gasteiger partial charge in [0.15, 0.2) is 16.6 Å². The third-order valence-corrected chi connectivity index (χ3v) is 13.0. The maximum atomic E-state index is 6.53. The lowest BCUT2D eigenvalue weighted by Gasteiger charge is -2.38. The number of anilines is 2. The van der Waals surface area contributed by atoms with Crippen molar-refractivity contribution in [2.45, 2.75) is 65.2 Å². The van der Waals surface area contributed by atoms with Crippen molar-refractivity contribution in [1.29, 1.82) is 0 Å². The minimum atomic E-state index is -2.13. The minimum Gasteiger partial charge on any atom is -0.437 e. The van der Waals surface area contributed by atoms with Gasteiger partial charge >= 0.3 is 8.56 Å². The molecular formula is C17H36N2O2Si3. The molecule has 0 radical (unpaired) electrons. The van der Waals surface area contributed by atoms with Crippen LogP contribution < -0.4 is 11.1 Å². The molecule has 0 saturated heterocycles. The molecule has 24 heavy (non-hydrogen) atoms. The number of nitrogens with one attached hydrogen (secondary N) is 1. The number of nitrogens with two attached hydrogens (primary N) is 1. The Bertz CT molecular complexity index is 524. The molecule has 0 fully saturated rings. The molecule has 0 aliphatic rings. The summed E-state index contributed by atoms with van der Waals surface area (Å²) >= 11 is 0. The van der Waals surface area contributed by atoms with Crippen molar-refractivity contribution in [1.82, 2.24) is 0 Å². The molecule has 0 atom stereocenters. The molecule has 0 bridgehead atoms. The zero-order chi connectivity index (χ0) is 18.6. The van der Waals surface area contributed by atoms with Crippen molar-refractivity contribution in [3.8, 4) is 0 Å². The van der Waals surface area contributed by atoms with Gasteiger partial charge in [-0.3, -0.25) is 0 Å². The lowest BCUT2D eigenvalue weighted by molar-refractivity contribution is 0.382. The first-order chi connectivity index (χ1) is 10.8. The van der Waals surface area contributed by atoms with E-state index in [-0.39, 0.29) is 0 Å². The van der Waals surface area contributed by atoms with Gasteiger partial charge in [0.05, 0.1) is 11.4 Å². The fourth-order valence-corrected chi connectivity index (χ4v) is 15.4. The second kappa shape index (κ2) is 8.18. The summed E-state index contributed by atoms with van der Waals surface area (Å²) in [4.78, 5) is 0. The molecule has 1 rings (SSSR count). The van der Waals surface area contributed by atoms with Crippen LogP contribution >= 0.6 is 0 Å². The molecular weight excluding hydrogens is 348 g/mol. The molecule has 0 heterocycles. The number of aryl methyl sites for hydroxylation is 1. The van der Waals surface area contributed by atoms with Crippen molar-refractivity contribution in [3.63, 3.8) is 0 Å². The molecule has 0 saturated carbocycles. The number of hydrogen-bond donors (Lipinski definition) is 2. The molecule has 0 amide bonds. The van der Waals surface area contributed by atoms with E-state index in [9.17, 15) is 0 Å². The molecule has 3 N–H and O–H groups in total. The van der Waals surface area contributed by atoms with Gasteiger partial charge in [-0.1, -0.05) is 6.07 Å². The van der Waals surface area contributed by atoms with E-state index >= 15 is 0 Å². The van der Waals surface area contributed by atoms with Crippen LogP contribution in [-0.4, -0.2) is 31.7 Å². The largest absolute Gasteiger partial charge is 0.437 e. The third-order valence-electron chi connectivity index (χ3n) is 3.37. The summed E-state index contributed by atoms with van der Waals surface area (Å²) in [6, 6.07) is 7.16. The molecule has 1 aromatic rings. The van der Waals surface area contributed by atoms with Crippen LogP contribution in [0.15, 0.2) is 18.2 Å². The summed E-state index contributed by atoms with van der Waals surface area (Å²) in [5, 5.41) is 3.45. The monoisotopic (exact) mass is 384 g/mol. The average Bonchev–Trinajstić information content (AvgIpc) is 2.31. The lowest BCUT2D eigenvalue weighted by Crippen LogP contribution is -2.52. The number of hydrogen-bond acceptors (Lipinski definition) is 4. The molecule has 1 aromatic carbocycles. The molecule has 0 aliphatic heterocycles. The summed E-state index contributed by atoms with van der Waals surface area (Å²) in [5.41, 5.74) is 9.08. The van der Waals surface area contributed by atoms with Crippen LogP contribution in [0, 0.1) is 6.92 Å². The van der Waals surface area contributed by atoms with E-state index in [0.29, 0.717) is 0 Å². The fraction of sp³-hybridized carbons (Fsp3) is 0.647. The maximum Gasteiger partial charge on any atom is 0.314 e. The van der Waals surface area contributed by atoms with Crippen LogP contribution in [0.5, 0.6) is 0 Å². The normalized spacial score (nSPS) is 13.2. The van der Waals surface area contributed by atoms with Gasteiger partial charge in [-0.15, -0.1) is 0 Å². The van der Waals surface area contributed by atoms with Crippen LogP contribution in [0.2, 0.25) is 51.9 Å². The smallest absolute Gasteiger partial charge is 0.314 e. The lowest BCUT2D eigenvalue weighted by atomic mass is 10.2. The first-order valence-electron chi connectivity index (χ1n) is 8.80. The highest BCUT2D eigenvalue weighted by Crippen LogP contribution is 2.26. The van der Waals surface area contributed by atoms with Gasteiger partial charge in [-0.25, -0.2) is 0 Å². The second-order valence-electron chi connectivity index (χ2n) is 8.68. The Morgan fingerprint density at radius 3 is 1.96 bits per heavy atom. The van der Waals surface area contributed by atoms with Crippen molar-refractivity contribution in [2.24, 2.45) is 0 Å². The van der Waals surface area contributed by atoms with Crippen molar-refractivity contribution >= 4 is 36.6 Å². The SMILES string of the molecule is Cc1ccc(NCCC[Si](C)(O[Si](C)(C)C)O[Si](C)(C)C)c(N)c1. The molecule has 0 aromatic heterocycles. The van der Waals surface area contributed by atoms with Crippen LogP contribution in [0.3, 0.4) is 0 Å². The highest BCUT2D eigenvalue weighted by Gasteiger charge is 2.39. The van der Waals surface area contributed by atoms with Crippen LogP contribution in [0.4, 0.5) is 11.4 Å². The van der Waals surface area contributed by atoms with E-state index in [1.165, 1.54) is 5.56 Å². The molecule has 138 valence electrons. The van der Waals surface area contributed by atoms with Gasteiger partial charge in [-0.2, -0.15) is 0 Å². The van der Waals surface area contributed by atoms with Gasteiger partial charge in [0.1, 0.15) is 0 Å². The third kappa shape index (κ3) is 8.48. The average molecular weight is 385 g/mol. The van der Waals surface area contributed by atoms with Crippen molar-refractivity contribution < 1.29 is 8.23 Å². The molecule has 7 heteroatoms. The van der Waals surface area contributed by atoms with E-state index in [0.717, 1.165) is 30.4 Å². The summed E-state index contributed by atoms with van der Waals surface area (Å²) in [5.74, 6) is 0. The topological polar surface area (TPSA) is 56.5 Å². The van der Waals surface area contributed by atoms with Crippen LogP contribution in [-0.2, 0) is 8.23 Å². The molecule has 0 spiro atoms. The number of benzene rings is 1. The Labute approximate surface area is 151 Å². The Kier molecular flexibility index (Phi) is 7.30. The van der Waals surface area contributed by atoms with E-state index < -0.39 is 25.2 Å². The Morgan fingerprint density at radius 2 is 1.50 bits per heavy atom. The van der Waals surface area contributed by atoms with E-state index in [1.54, 1.807) is 0 Å². The molecule has 0 unspecified atom stereocenters. The zero-order valence-electron chi connectivity index (χ0n) is 16.7. The van der Waals surface area contributed by atoms with Gasteiger partial charge < -0.3 is 19.3 Å². The van der Waals surface area contributed by atoms with Gasteiger partial charge in [0, 0.05) is 6.54 Å². The van der Waals surface area contributed by atoms with Gasteiger partial charge in [-0.05, 0) is 82.9 Å². The van der Waals surface area contributed by atoms with Crippen LogP contribution in [0.1, 0.15) is 12.0 Å². The zero-order valence-corrected chi connectivity index (χ0v) is 19.7.